The maximum atomic E-state index is 13.3. The minimum Gasteiger partial charge on any atom is -0.396 e. The maximum Gasteiger partial charge on any atom is 0.244 e. The summed E-state index contributed by atoms with van der Waals surface area (Å²) < 4.78 is 14.1. The van der Waals surface area contributed by atoms with E-state index in [1.807, 2.05) is 0 Å². The summed E-state index contributed by atoms with van der Waals surface area (Å²) in [6, 6.07) is 4.54. The van der Waals surface area contributed by atoms with Crippen LogP contribution in [-0.4, -0.2) is 24.2 Å². The molecular formula is C13H15BrFNO2. The van der Waals surface area contributed by atoms with E-state index in [4.69, 9.17) is 5.11 Å². The Morgan fingerprint density at radius 1 is 1.44 bits per heavy atom. The van der Waals surface area contributed by atoms with Crippen LogP contribution in [0.2, 0.25) is 0 Å². The fourth-order valence-electron chi connectivity index (χ4n) is 1.32. The molecule has 0 aromatic heterocycles. The monoisotopic (exact) mass is 315 g/mol. The molecule has 1 aromatic rings. The van der Waals surface area contributed by atoms with Crippen LogP contribution in [0.3, 0.4) is 0 Å². The molecule has 0 saturated heterocycles. The van der Waals surface area contributed by atoms with Gasteiger partial charge in [-0.2, -0.15) is 0 Å². The SMILES string of the molecule is O=C(/C=C/c1cc(Br)ccc1F)NCCCCO. The Morgan fingerprint density at radius 2 is 2.22 bits per heavy atom. The quantitative estimate of drug-likeness (QED) is 0.626. The minimum atomic E-state index is -0.373. The topological polar surface area (TPSA) is 49.3 Å². The molecule has 0 fully saturated rings. The van der Waals surface area contributed by atoms with Crippen molar-refractivity contribution in [2.75, 3.05) is 13.2 Å². The number of nitrogens with one attached hydrogen (secondary N) is 1. The largest absolute Gasteiger partial charge is 0.396 e. The number of hydrogen-bond acceptors (Lipinski definition) is 2. The van der Waals surface area contributed by atoms with E-state index < -0.39 is 0 Å². The van der Waals surface area contributed by atoms with Gasteiger partial charge in [-0.1, -0.05) is 15.9 Å². The molecule has 0 aliphatic heterocycles. The highest BCUT2D eigenvalue weighted by atomic mass is 79.9. The predicted molar refractivity (Wildman–Crippen MR) is 72.5 cm³/mol. The smallest absolute Gasteiger partial charge is 0.244 e. The first-order valence-corrected chi connectivity index (χ1v) is 6.44. The first-order valence-electron chi connectivity index (χ1n) is 5.65. The van der Waals surface area contributed by atoms with E-state index in [2.05, 4.69) is 21.2 Å². The highest BCUT2D eigenvalue weighted by molar-refractivity contribution is 9.10. The first kappa shape index (κ1) is 14.9. The van der Waals surface area contributed by atoms with E-state index in [-0.39, 0.29) is 18.3 Å². The van der Waals surface area contributed by atoms with Gasteiger partial charge in [-0.25, -0.2) is 4.39 Å². The van der Waals surface area contributed by atoms with Crippen molar-refractivity contribution in [2.24, 2.45) is 0 Å². The molecule has 5 heteroatoms. The third kappa shape index (κ3) is 5.42. The van der Waals surface area contributed by atoms with Crippen molar-refractivity contribution < 1.29 is 14.3 Å². The molecule has 1 aromatic carbocycles. The van der Waals surface area contributed by atoms with E-state index in [1.165, 1.54) is 18.2 Å². The lowest BCUT2D eigenvalue weighted by Crippen LogP contribution is -2.22. The van der Waals surface area contributed by atoms with Crippen LogP contribution in [0.5, 0.6) is 0 Å². The van der Waals surface area contributed by atoms with E-state index in [0.717, 1.165) is 10.9 Å². The van der Waals surface area contributed by atoms with Gasteiger partial charge in [0.05, 0.1) is 0 Å². The average molecular weight is 316 g/mol. The molecule has 0 heterocycles. The van der Waals surface area contributed by atoms with E-state index in [0.29, 0.717) is 18.5 Å². The molecule has 3 nitrogen and oxygen atoms in total. The number of aliphatic hydroxyl groups is 1. The molecule has 98 valence electrons. The Hall–Kier alpha value is -1.20. The van der Waals surface area contributed by atoms with Gasteiger partial charge in [0.1, 0.15) is 5.82 Å². The minimum absolute atomic E-state index is 0.120. The molecule has 0 atom stereocenters. The summed E-state index contributed by atoms with van der Waals surface area (Å²) in [4.78, 5) is 11.4. The zero-order valence-electron chi connectivity index (χ0n) is 9.83. The highest BCUT2D eigenvalue weighted by Crippen LogP contribution is 2.16. The molecule has 0 aliphatic carbocycles. The second-order valence-corrected chi connectivity index (χ2v) is 4.64. The standard InChI is InChI=1S/C13H15BrFNO2/c14-11-4-5-12(15)10(9-11)3-6-13(18)16-7-1-2-8-17/h3-6,9,17H,1-2,7-8H2,(H,16,18)/b6-3+. The van der Waals surface area contributed by atoms with Crippen molar-refractivity contribution in [2.45, 2.75) is 12.8 Å². The van der Waals surface area contributed by atoms with Crippen molar-refractivity contribution in [3.8, 4) is 0 Å². The third-order valence-corrected chi connectivity index (χ3v) is 2.75. The van der Waals surface area contributed by atoms with Gasteiger partial charge in [-0.05, 0) is 37.1 Å². The maximum absolute atomic E-state index is 13.3. The van der Waals surface area contributed by atoms with Crippen LogP contribution in [0.25, 0.3) is 6.08 Å². The fourth-order valence-corrected chi connectivity index (χ4v) is 1.69. The summed E-state index contributed by atoms with van der Waals surface area (Å²) in [5.41, 5.74) is 0.356. The summed E-state index contributed by atoms with van der Waals surface area (Å²) in [5.74, 6) is -0.644. The number of aliphatic hydroxyl groups excluding tert-OH is 1. The molecule has 0 unspecified atom stereocenters. The van der Waals surface area contributed by atoms with Gasteiger partial charge in [0.25, 0.3) is 0 Å². The zero-order valence-corrected chi connectivity index (χ0v) is 11.4. The van der Waals surface area contributed by atoms with Gasteiger partial charge < -0.3 is 10.4 Å². The number of hydrogen-bond donors (Lipinski definition) is 2. The normalized spacial score (nSPS) is 10.8. The molecule has 0 aliphatic rings. The number of carbonyl (C=O) groups excluding carboxylic acids is 1. The summed E-state index contributed by atoms with van der Waals surface area (Å²) in [6.07, 6.45) is 4.11. The lowest BCUT2D eigenvalue weighted by Gasteiger charge is -2.01. The molecule has 0 spiro atoms. The second kappa shape index (κ2) is 8.00. The predicted octanol–water partition coefficient (Wildman–Crippen LogP) is 2.49. The van der Waals surface area contributed by atoms with Gasteiger partial charge in [-0.15, -0.1) is 0 Å². The van der Waals surface area contributed by atoms with Crippen molar-refractivity contribution in [3.63, 3.8) is 0 Å². The van der Waals surface area contributed by atoms with Gasteiger partial charge in [-0.3, -0.25) is 4.79 Å². The average Bonchev–Trinajstić information content (AvgIpc) is 2.36. The Balaban J connectivity index is 2.48. The van der Waals surface area contributed by atoms with Crippen molar-refractivity contribution >= 4 is 27.9 Å². The van der Waals surface area contributed by atoms with E-state index in [9.17, 15) is 9.18 Å². The van der Waals surface area contributed by atoms with Crippen LogP contribution in [0.15, 0.2) is 28.7 Å². The molecule has 0 saturated carbocycles. The summed E-state index contributed by atoms with van der Waals surface area (Å²) >= 11 is 3.24. The van der Waals surface area contributed by atoms with Crippen molar-refractivity contribution in [3.05, 3.63) is 40.1 Å². The van der Waals surface area contributed by atoms with Crippen LogP contribution in [-0.2, 0) is 4.79 Å². The molecule has 0 radical (unpaired) electrons. The van der Waals surface area contributed by atoms with Crippen LogP contribution in [0, 0.1) is 5.82 Å². The highest BCUT2D eigenvalue weighted by Gasteiger charge is 2.00. The summed E-state index contributed by atoms with van der Waals surface area (Å²) in [6.45, 7) is 0.625. The lowest BCUT2D eigenvalue weighted by atomic mass is 10.2. The number of halogens is 2. The Morgan fingerprint density at radius 3 is 2.94 bits per heavy atom. The van der Waals surface area contributed by atoms with E-state index in [1.54, 1.807) is 12.1 Å². The summed E-state index contributed by atoms with van der Waals surface area (Å²) in [5, 5.41) is 11.2. The molecule has 2 N–H and O–H groups in total. The number of benzene rings is 1. The van der Waals surface area contributed by atoms with Gasteiger partial charge in [0, 0.05) is 29.3 Å². The van der Waals surface area contributed by atoms with Gasteiger partial charge >= 0.3 is 0 Å². The summed E-state index contributed by atoms with van der Waals surface area (Å²) in [7, 11) is 0. The molecule has 1 amide bonds. The fraction of sp³-hybridized carbons (Fsp3) is 0.308. The van der Waals surface area contributed by atoms with Crippen LogP contribution >= 0.6 is 15.9 Å². The van der Waals surface area contributed by atoms with Crippen LogP contribution in [0.1, 0.15) is 18.4 Å². The molecular weight excluding hydrogens is 301 g/mol. The zero-order chi connectivity index (χ0) is 13.4. The van der Waals surface area contributed by atoms with Crippen molar-refractivity contribution in [1.29, 1.82) is 0 Å². The molecule has 1 rings (SSSR count). The lowest BCUT2D eigenvalue weighted by molar-refractivity contribution is -0.116. The Kier molecular flexibility index (Phi) is 6.60. The van der Waals surface area contributed by atoms with Gasteiger partial charge in [0.2, 0.25) is 5.91 Å². The Labute approximate surface area is 114 Å². The van der Waals surface area contributed by atoms with Crippen molar-refractivity contribution in [1.82, 2.24) is 5.32 Å². The van der Waals surface area contributed by atoms with Crippen LogP contribution < -0.4 is 5.32 Å². The number of unbranched alkanes of at least 4 members (excludes halogenated alkanes) is 1. The van der Waals surface area contributed by atoms with E-state index >= 15 is 0 Å². The first-order chi connectivity index (χ1) is 8.63. The molecule has 0 bridgehead atoms. The number of amides is 1. The number of rotatable bonds is 6. The molecule has 18 heavy (non-hydrogen) atoms. The third-order valence-electron chi connectivity index (χ3n) is 2.26. The van der Waals surface area contributed by atoms with Gasteiger partial charge in [0.15, 0.2) is 0 Å². The van der Waals surface area contributed by atoms with Crippen LogP contribution in [0.4, 0.5) is 4.39 Å². The second-order valence-electron chi connectivity index (χ2n) is 3.72. The Bertz CT molecular complexity index is 435. The number of carbonyl (C=O) groups is 1.